The number of hydrogen-bond acceptors (Lipinski definition) is 3. The Hall–Kier alpha value is -2.98. The zero-order chi connectivity index (χ0) is 20.8. The van der Waals surface area contributed by atoms with Gasteiger partial charge in [-0.2, -0.15) is 0 Å². The summed E-state index contributed by atoms with van der Waals surface area (Å²) in [5.41, 5.74) is 4.49. The van der Waals surface area contributed by atoms with E-state index in [1.54, 1.807) is 31.4 Å². The summed E-state index contributed by atoms with van der Waals surface area (Å²) in [5, 5.41) is 3.53. The summed E-state index contributed by atoms with van der Waals surface area (Å²) in [5.74, 6) is 1.29. The number of ether oxygens (including phenoxy) is 2. The van der Waals surface area contributed by atoms with Crippen molar-refractivity contribution in [2.45, 2.75) is 27.0 Å². The lowest BCUT2D eigenvalue weighted by molar-refractivity contribution is 0.0950. The first-order chi connectivity index (χ1) is 14.0. The van der Waals surface area contributed by atoms with E-state index in [9.17, 15) is 4.79 Å². The van der Waals surface area contributed by atoms with Gasteiger partial charge < -0.3 is 14.8 Å². The molecule has 0 saturated heterocycles. The van der Waals surface area contributed by atoms with E-state index in [4.69, 9.17) is 21.1 Å². The molecule has 0 spiro atoms. The van der Waals surface area contributed by atoms with Crippen LogP contribution in [0.4, 0.5) is 0 Å². The molecule has 0 aliphatic carbocycles. The normalized spacial score (nSPS) is 10.5. The van der Waals surface area contributed by atoms with Gasteiger partial charge in [0.2, 0.25) is 0 Å². The average molecular weight is 410 g/mol. The maximum absolute atomic E-state index is 12.6. The van der Waals surface area contributed by atoms with E-state index in [1.807, 2.05) is 44.2 Å². The molecular weight excluding hydrogens is 386 g/mol. The lowest BCUT2D eigenvalue weighted by Crippen LogP contribution is -2.23. The van der Waals surface area contributed by atoms with Crippen LogP contribution in [0.1, 0.15) is 32.6 Å². The first-order valence-electron chi connectivity index (χ1n) is 9.36. The Kier molecular flexibility index (Phi) is 6.78. The number of carbonyl (C=O) groups is 1. The van der Waals surface area contributed by atoms with Crippen molar-refractivity contribution in [1.82, 2.24) is 5.32 Å². The van der Waals surface area contributed by atoms with Crippen LogP contribution in [0.5, 0.6) is 11.5 Å². The van der Waals surface area contributed by atoms with Gasteiger partial charge in [0.15, 0.2) is 0 Å². The van der Waals surface area contributed by atoms with Crippen molar-refractivity contribution in [3.63, 3.8) is 0 Å². The van der Waals surface area contributed by atoms with Crippen molar-refractivity contribution in [3.05, 3.63) is 93.5 Å². The van der Waals surface area contributed by atoms with Gasteiger partial charge in [-0.1, -0.05) is 35.9 Å². The molecule has 0 radical (unpaired) electrons. The fraction of sp³-hybridized carbons (Fsp3) is 0.208. The minimum Gasteiger partial charge on any atom is -0.496 e. The molecule has 4 nitrogen and oxygen atoms in total. The molecule has 0 aromatic heterocycles. The molecule has 1 N–H and O–H groups in total. The quantitative estimate of drug-likeness (QED) is 0.562. The fourth-order valence-electron chi connectivity index (χ4n) is 3.13. The highest BCUT2D eigenvalue weighted by atomic mass is 35.5. The van der Waals surface area contributed by atoms with E-state index < -0.39 is 0 Å². The Bertz CT molecular complexity index is 997. The van der Waals surface area contributed by atoms with Crippen LogP contribution in [0.25, 0.3) is 0 Å². The molecule has 3 aromatic rings. The lowest BCUT2D eigenvalue weighted by atomic mass is 10.1. The highest BCUT2D eigenvalue weighted by molar-refractivity contribution is 6.31. The molecule has 3 aromatic carbocycles. The summed E-state index contributed by atoms with van der Waals surface area (Å²) < 4.78 is 11.4. The van der Waals surface area contributed by atoms with Crippen molar-refractivity contribution >= 4 is 17.5 Å². The van der Waals surface area contributed by atoms with Crippen LogP contribution in [0.15, 0.2) is 60.7 Å². The number of carbonyl (C=O) groups excluding carboxylic acids is 1. The maximum atomic E-state index is 12.6. The van der Waals surface area contributed by atoms with Crippen LogP contribution in [0.3, 0.4) is 0 Å². The van der Waals surface area contributed by atoms with Crippen LogP contribution in [-0.2, 0) is 13.2 Å². The monoisotopic (exact) mass is 409 g/mol. The summed E-state index contributed by atoms with van der Waals surface area (Å²) in [4.78, 5) is 12.6. The van der Waals surface area contributed by atoms with Crippen molar-refractivity contribution in [2.75, 3.05) is 7.11 Å². The summed E-state index contributed by atoms with van der Waals surface area (Å²) >= 11 is 6.16. The van der Waals surface area contributed by atoms with Crippen LogP contribution < -0.4 is 14.8 Å². The molecule has 0 saturated carbocycles. The summed E-state index contributed by atoms with van der Waals surface area (Å²) in [6, 6.07) is 18.8. The third kappa shape index (κ3) is 5.52. The number of methoxy groups -OCH3 is 1. The predicted octanol–water partition coefficient (Wildman–Crippen LogP) is 5.47. The van der Waals surface area contributed by atoms with E-state index in [1.165, 1.54) is 0 Å². The number of benzene rings is 3. The number of nitrogens with one attached hydrogen (secondary N) is 1. The number of hydrogen-bond donors (Lipinski definition) is 1. The van der Waals surface area contributed by atoms with Gasteiger partial charge in [-0.05, 0) is 66.9 Å². The molecule has 0 fully saturated rings. The van der Waals surface area contributed by atoms with Gasteiger partial charge in [-0.25, -0.2) is 0 Å². The van der Waals surface area contributed by atoms with Crippen molar-refractivity contribution < 1.29 is 14.3 Å². The number of rotatable bonds is 7. The largest absolute Gasteiger partial charge is 0.496 e. The zero-order valence-corrected chi connectivity index (χ0v) is 17.5. The van der Waals surface area contributed by atoms with Gasteiger partial charge in [0, 0.05) is 22.7 Å². The van der Waals surface area contributed by atoms with Gasteiger partial charge in [0.1, 0.15) is 18.1 Å². The molecule has 0 bridgehead atoms. The van der Waals surface area contributed by atoms with E-state index in [0.717, 1.165) is 28.0 Å². The lowest BCUT2D eigenvalue weighted by Gasteiger charge is -2.13. The SMILES string of the molecule is COc1ccc(C(=O)NCc2ccccc2Cl)cc1COc1cc(C)cc(C)c1. The van der Waals surface area contributed by atoms with Crippen molar-refractivity contribution in [1.29, 1.82) is 0 Å². The highest BCUT2D eigenvalue weighted by Crippen LogP contribution is 2.24. The molecule has 150 valence electrons. The Morgan fingerprint density at radius 2 is 1.69 bits per heavy atom. The van der Waals surface area contributed by atoms with Gasteiger partial charge in [0.05, 0.1) is 7.11 Å². The minimum atomic E-state index is -0.180. The zero-order valence-electron chi connectivity index (χ0n) is 16.8. The third-order valence-electron chi connectivity index (χ3n) is 4.53. The van der Waals surface area contributed by atoms with E-state index in [2.05, 4.69) is 11.4 Å². The van der Waals surface area contributed by atoms with Crippen LogP contribution in [0.2, 0.25) is 5.02 Å². The molecule has 0 atom stereocenters. The predicted molar refractivity (Wildman–Crippen MR) is 116 cm³/mol. The van der Waals surface area contributed by atoms with Crippen LogP contribution in [-0.4, -0.2) is 13.0 Å². The molecule has 3 rings (SSSR count). The first-order valence-corrected chi connectivity index (χ1v) is 9.73. The van der Waals surface area contributed by atoms with E-state index >= 15 is 0 Å². The van der Waals surface area contributed by atoms with Crippen LogP contribution in [0, 0.1) is 13.8 Å². The fourth-order valence-corrected chi connectivity index (χ4v) is 3.33. The van der Waals surface area contributed by atoms with Crippen LogP contribution >= 0.6 is 11.6 Å². The van der Waals surface area contributed by atoms with Gasteiger partial charge in [-0.3, -0.25) is 4.79 Å². The maximum Gasteiger partial charge on any atom is 0.251 e. The second kappa shape index (κ2) is 9.48. The van der Waals surface area contributed by atoms with E-state index in [0.29, 0.717) is 29.5 Å². The summed E-state index contributed by atoms with van der Waals surface area (Å²) in [6.45, 7) is 4.73. The molecule has 29 heavy (non-hydrogen) atoms. The summed E-state index contributed by atoms with van der Waals surface area (Å²) in [6.07, 6.45) is 0. The molecule has 1 amide bonds. The Morgan fingerprint density at radius 1 is 0.966 bits per heavy atom. The topological polar surface area (TPSA) is 47.6 Å². The summed E-state index contributed by atoms with van der Waals surface area (Å²) in [7, 11) is 1.60. The molecule has 0 heterocycles. The molecule has 0 aliphatic rings. The minimum absolute atomic E-state index is 0.180. The second-order valence-electron chi connectivity index (χ2n) is 6.91. The highest BCUT2D eigenvalue weighted by Gasteiger charge is 2.12. The molecule has 5 heteroatoms. The third-order valence-corrected chi connectivity index (χ3v) is 4.90. The molecule has 0 unspecified atom stereocenters. The smallest absolute Gasteiger partial charge is 0.251 e. The van der Waals surface area contributed by atoms with Crippen molar-refractivity contribution in [3.8, 4) is 11.5 Å². The number of halogens is 1. The van der Waals surface area contributed by atoms with Gasteiger partial charge in [0.25, 0.3) is 5.91 Å². The number of amides is 1. The Balaban J connectivity index is 1.72. The first kappa shape index (κ1) is 20.7. The Morgan fingerprint density at radius 3 is 2.38 bits per heavy atom. The Labute approximate surface area is 176 Å². The molecular formula is C24H24ClNO3. The average Bonchev–Trinajstić information content (AvgIpc) is 2.70. The van der Waals surface area contributed by atoms with Gasteiger partial charge in [-0.15, -0.1) is 0 Å². The van der Waals surface area contributed by atoms with Gasteiger partial charge >= 0.3 is 0 Å². The van der Waals surface area contributed by atoms with Crippen molar-refractivity contribution in [2.24, 2.45) is 0 Å². The molecule has 0 aliphatic heterocycles. The standard InChI is InChI=1S/C24H24ClNO3/c1-16-10-17(2)12-21(11-16)29-15-20-13-18(8-9-23(20)28-3)24(27)26-14-19-6-4-5-7-22(19)25/h4-13H,14-15H2,1-3H3,(H,26,27). The number of aryl methyl sites for hydroxylation is 2. The van der Waals surface area contributed by atoms with E-state index in [-0.39, 0.29) is 5.91 Å². The second-order valence-corrected chi connectivity index (χ2v) is 7.32.